The van der Waals surface area contributed by atoms with Crippen LogP contribution in [-0.2, 0) is 27.4 Å². The second-order valence-corrected chi connectivity index (χ2v) is 8.25. The number of alkyl carbamates (subject to hydrolysis) is 1. The van der Waals surface area contributed by atoms with Crippen LogP contribution in [0.25, 0.3) is 0 Å². The Bertz CT molecular complexity index is 947. The van der Waals surface area contributed by atoms with E-state index in [1.54, 1.807) is 45.2 Å². The molecule has 184 valence electrons. The summed E-state index contributed by atoms with van der Waals surface area (Å²) in [6.45, 7) is 3.21. The van der Waals surface area contributed by atoms with E-state index in [9.17, 15) is 24.6 Å². The molecule has 2 aromatic rings. The van der Waals surface area contributed by atoms with Crippen LogP contribution < -0.4 is 15.4 Å². The molecule has 0 fully saturated rings. The molecule has 4 N–H and O–H groups in total. The fourth-order valence-corrected chi connectivity index (χ4v) is 3.43. The summed E-state index contributed by atoms with van der Waals surface area (Å²) in [5.74, 6) is -2.14. The number of carbonyl (C=O) groups is 3. The highest BCUT2D eigenvalue weighted by molar-refractivity contribution is 5.87. The lowest BCUT2D eigenvalue weighted by molar-refractivity contribution is -0.171. The Kier molecular flexibility index (Phi) is 9.88. The summed E-state index contributed by atoms with van der Waals surface area (Å²) in [6.07, 6.45) is 0.106. The number of amides is 2. The van der Waals surface area contributed by atoms with E-state index in [0.29, 0.717) is 12.8 Å². The van der Waals surface area contributed by atoms with Crippen LogP contribution in [-0.4, -0.2) is 47.1 Å². The van der Waals surface area contributed by atoms with Crippen molar-refractivity contribution in [1.29, 1.82) is 0 Å². The lowest BCUT2D eigenvalue weighted by atomic mass is 9.92. The van der Waals surface area contributed by atoms with Gasteiger partial charge in [-0.2, -0.15) is 0 Å². The van der Waals surface area contributed by atoms with Gasteiger partial charge < -0.3 is 30.3 Å². The molecule has 0 saturated heterocycles. The first-order chi connectivity index (χ1) is 16.2. The Morgan fingerprint density at radius 1 is 1.00 bits per heavy atom. The monoisotopic (exact) mass is 472 g/mol. The standard InChI is InChI=1S/C25H32N2O7/c1-17(2)22(26-24(31)34-16-19-8-5-4-6-9-19)25(32,23(29)30)27-21(28)11-7-10-18-12-14-20(33-3)15-13-18/h4-6,8-9,12-15,17,22,32H,7,10-11,16H2,1-3H3,(H,26,31)(H,27,28)(H,29,30)/t22-,25+/m1/s1. The minimum absolute atomic E-state index is 0.00904. The van der Waals surface area contributed by atoms with E-state index in [0.717, 1.165) is 16.9 Å². The van der Waals surface area contributed by atoms with Crippen LogP contribution in [0.15, 0.2) is 54.6 Å². The summed E-state index contributed by atoms with van der Waals surface area (Å²) in [5.41, 5.74) is -0.973. The molecule has 9 heteroatoms. The van der Waals surface area contributed by atoms with Crippen molar-refractivity contribution >= 4 is 18.0 Å². The maximum absolute atomic E-state index is 12.5. The number of aryl methyl sites for hydroxylation is 1. The number of nitrogens with one attached hydrogen (secondary N) is 2. The number of ether oxygens (including phenoxy) is 2. The zero-order chi connectivity index (χ0) is 25.1. The molecule has 2 amide bonds. The molecular weight excluding hydrogens is 440 g/mol. The zero-order valence-corrected chi connectivity index (χ0v) is 19.6. The van der Waals surface area contributed by atoms with Crippen LogP contribution in [0.1, 0.15) is 37.8 Å². The Balaban J connectivity index is 1.96. The Morgan fingerprint density at radius 2 is 1.65 bits per heavy atom. The molecule has 2 rings (SSSR count). The smallest absolute Gasteiger partial charge is 0.407 e. The third kappa shape index (κ3) is 7.77. The highest BCUT2D eigenvalue weighted by atomic mass is 16.5. The fourth-order valence-electron chi connectivity index (χ4n) is 3.43. The number of carboxylic acid groups (broad SMARTS) is 1. The van der Waals surface area contributed by atoms with E-state index in [2.05, 4.69) is 10.6 Å². The summed E-state index contributed by atoms with van der Waals surface area (Å²) < 4.78 is 10.3. The summed E-state index contributed by atoms with van der Waals surface area (Å²) >= 11 is 0. The average molecular weight is 473 g/mol. The van der Waals surface area contributed by atoms with Gasteiger partial charge in [-0.05, 0) is 42.0 Å². The van der Waals surface area contributed by atoms with E-state index >= 15 is 0 Å². The Labute approximate surface area is 199 Å². The number of carboxylic acids is 1. The molecule has 0 aliphatic heterocycles. The van der Waals surface area contributed by atoms with Gasteiger partial charge in [0.25, 0.3) is 5.72 Å². The molecular formula is C25H32N2O7. The van der Waals surface area contributed by atoms with Crippen LogP contribution in [0.3, 0.4) is 0 Å². The lowest BCUT2D eigenvalue weighted by Gasteiger charge is -2.35. The van der Waals surface area contributed by atoms with E-state index in [-0.39, 0.29) is 13.0 Å². The van der Waals surface area contributed by atoms with Gasteiger partial charge in [0.1, 0.15) is 12.4 Å². The van der Waals surface area contributed by atoms with Crippen molar-refractivity contribution in [3.63, 3.8) is 0 Å². The average Bonchev–Trinajstić information content (AvgIpc) is 2.81. The van der Waals surface area contributed by atoms with Crippen LogP contribution in [0.4, 0.5) is 4.79 Å². The molecule has 0 radical (unpaired) electrons. The third-order valence-corrected chi connectivity index (χ3v) is 5.29. The van der Waals surface area contributed by atoms with Gasteiger partial charge in [0.15, 0.2) is 0 Å². The molecule has 0 spiro atoms. The summed E-state index contributed by atoms with van der Waals surface area (Å²) in [5, 5.41) is 25.2. The largest absolute Gasteiger partial charge is 0.497 e. The van der Waals surface area contributed by atoms with E-state index < -0.39 is 35.7 Å². The maximum Gasteiger partial charge on any atom is 0.407 e. The lowest BCUT2D eigenvalue weighted by Crippen LogP contribution is -2.68. The van der Waals surface area contributed by atoms with Gasteiger partial charge >= 0.3 is 12.1 Å². The molecule has 0 aliphatic rings. The van der Waals surface area contributed by atoms with Crippen LogP contribution >= 0.6 is 0 Å². The van der Waals surface area contributed by atoms with Crippen LogP contribution in [0.2, 0.25) is 0 Å². The number of hydrogen-bond acceptors (Lipinski definition) is 6. The SMILES string of the molecule is COc1ccc(CCCC(=O)N[C@@](O)(C(=O)O)[C@H](NC(=O)OCc2ccccc2)C(C)C)cc1. The van der Waals surface area contributed by atoms with Crippen molar-refractivity contribution in [2.45, 2.75) is 51.5 Å². The van der Waals surface area contributed by atoms with Gasteiger partial charge in [0.2, 0.25) is 5.91 Å². The van der Waals surface area contributed by atoms with E-state index in [1.807, 2.05) is 30.3 Å². The third-order valence-electron chi connectivity index (χ3n) is 5.29. The second kappa shape index (κ2) is 12.6. The van der Waals surface area contributed by atoms with Crippen LogP contribution in [0.5, 0.6) is 5.75 Å². The van der Waals surface area contributed by atoms with Crippen molar-refractivity contribution in [3.05, 3.63) is 65.7 Å². The van der Waals surface area contributed by atoms with E-state index in [4.69, 9.17) is 9.47 Å². The minimum atomic E-state index is -2.71. The number of aliphatic carboxylic acids is 1. The van der Waals surface area contributed by atoms with Gasteiger partial charge in [0, 0.05) is 6.42 Å². The van der Waals surface area contributed by atoms with Gasteiger partial charge in [-0.25, -0.2) is 9.59 Å². The van der Waals surface area contributed by atoms with Gasteiger partial charge in [-0.15, -0.1) is 0 Å². The predicted molar refractivity (Wildman–Crippen MR) is 125 cm³/mol. The van der Waals surface area contributed by atoms with Crippen LogP contribution in [0, 0.1) is 5.92 Å². The number of hydrogen-bond donors (Lipinski definition) is 4. The first-order valence-electron chi connectivity index (χ1n) is 11.0. The topological polar surface area (TPSA) is 134 Å². The first-order valence-corrected chi connectivity index (χ1v) is 11.0. The molecule has 0 saturated carbocycles. The van der Waals surface area contributed by atoms with Gasteiger partial charge in [-0.3, -0.25) is 4.79 Å². The molecule has 9 nitrogen and oxygen atoms in total. The van der Waals surface area contributed by atoms with Crippen molar-refractivity contribution in [1.82, 2.24) is 10.6 Å². The fraction of sp³-hybridized carbons (Fsp3) is 0.400. The van der Waals surface area contributed by atoms with Crippen molar-refractivity contribution in [2.75, 3.05) is 7.11 Å². The van der Waals surface area contributed by atoms with Crippen molar-refractivity contribution in [3.8, 4) is 5.75 Å². The molecule has 0 aliphatic carbocycles. The van der Waals surface area contributed by atoms with Crippen molar-refractivity contribution in [2.24, 2.45) is 5.92 Å². The molecule has 0 unspecified atom stereocenters. The highest BCUT2D eigenvalue weighted by Gasteiger charge is 2.48. The summed E-state index contributed by atoms with van der Waals surface area (Å²) in [4.78, 5) is 36.7. The highest BCUT2D eigenvalue weighted by Crippen LogP contribution is 2.18. The number of methoxy groups -OCH3 is 1. The van der Waals surface area contributed by atoms with E-state index in [1.165, 1.54) is 0 Å². The summed E-state index contributed by atoms with van der Waals surface area (Å²) in [7, 11) is 1.57. The molecule has 34 heavy (non-hydrogen) atoms. The van der Waals surface area contributed by atoms with Gasteiger partial charge in [0.05, 0.1) is 13.2 Å². The number of aliphatic hydroxyl groups is 1. The Hall–Kier alpha value is -3.59. The summed E-state index contributed by atoms with van der Waals surface area (Å²) in [6, 6.07) is 15.0. The van der Waals surface area contributed by atoms with Crippen molar-refractivity contribution < 1.29 is 34.1 Å². The minimum Gasteiger partial charge on any atom is -0.497 e. The first kappa shape index (κ1) is 26.7. The molecule has 2 atom stereocenters. The molecule has 0 bridgehead atoms. The molecule has 0 aromatic heterocycles. The zero-order valence-electron chi connectivity index (χ0n) is 19.6. The maximum atomic E-state index is 12.5. The molecule has 0 heterocycles. The number of carbonyl (C=O) groups excluding carboxylic acids is 2. The Morgan fingerprint density at radius 3 is 2.21 bits per heavy atom. The second-order valence-electron chi connectivity index (χ2n) is 8.25. The number of benzene rings is 2. The normalized spacial score (nSPS) is 13.4. The quantitative estimate of drug-likeness (QED) is 0.349. The predicted octanol–water partition coefficient (Wildman–Crippen LogP) is 2.86. The van der Waals surface area contributed by atoms with Gasteiger partial charge in [-0.1, -0.05) is 56.3 Å². The number of rotatable bonds is 12. The molecule has 2 aromatic carbocycles.